The smallest absolute Gasteiger partial charge is 0.407 e. The molecule has 5 heterocycles. The van der Waals surface area contributed by atoms with E-state index in [1.54, 1.807) is 18.9 Å². The van der Waals surface area contributed by atoms with E-state index in [1.807, 2.05) is 6.92 Å². The van der Waals surface area contributed by atoms with Crippen LogP contribution in [0.4, 0.5) is 15.3 Å². The Morgan fingerprint density at radius 1 is 0.636 bits per heavy atom. The van der Waals surface area contributed by atoms with E-state index in [4.69, 9.17) is 28.9 Å². The molecule has 66 heavy (non-hydrogen) atoms. The van der Waals surface area contributed by atoms with Crippen LogP contribution in [0, 0.1) is 0 Å². The minimum absolute atomic E-state index is 0.0286. The van der Waals surface area contributed by atoms with Crippen LogP contribution in [0.2, 0.25) is 0 Å². The zero-order valence-corrected chi connectivity index (χ0v) is 39.2. The molecule has 4 N–H and O–H groups in total. The van der Waals surface area contributed by atoms with Crippen LogP contribution in [0.1, 0.15) is 131 Å². The van der Waals surface area contributed by atoms with Crippen LogP contribution in [-0.4, -0.2) is 120 Å². The molecule has 3 amide bonds. The topological polar surface area (TPSA) is 179 Å². The quantitative estimate of drug-likeness (QED) is 0.0798. The minimum atomic E-state index is -0.900. The Kier molecular flexibility index (Phi) is 13.3. The Morgan fingerprint density at radius 2 is 1.18 bits per heavy atom. The fourth-order valence-electron chi connectivity index (χ4n) is 10.9. The van der Waals surface area contributed by atoms with Crippen molar-refractivity contribution in [2.45, 2.75) is 133 Å². The lowest BCUT2D eigenvalue weighted by atomic mass is 10.0. The number of rotatable bonds is 15. The van der Waals surface area contributed by atoms with Gasteiger partial charge in [0.1, 0.15) is 17.7 Å². The van der Waals surface area contributed by atoms with Crippen molar-refractivity contribution in [2.75, 3.05) is 46.4 Å². The number of carbonyl (C=O) groups is 3. The van der Waals surface area contributed by atoms with Crippen LogP contribution >= 0.6 is 0 Å². The molecule has 4 aliphatic rings. The first kappa shape index (κ1) is 45.4. The Hall–Kier alpha value is -5.71. The minimum Gasteiger partial charge on any atom is -0.453 e. The summed E-state index contributed by atoms with van der Waals surface area (Å²) in [5.74, 6) is 2.10. The number of fused-ring (bicyclic) bond motifs is 2. The number of imidazole rings is 2. The third-order valence-electron chi connectivity index (χ3n) is 14.9. The van der Waals surface area contributed by atoms with E-state index in [2.05, 4.69) is 98.0 Å². The van der Waals surface area contributed by atoms with Crippen LogP contribution in [-0.2, 0) is 23.7 Å². The second kappa shape index (κ2) is 19.3. The molecule has 5 aromatic rings. The van der Waals surface area contributed by atoms with Gasteiger partial charge in [0.25, 0.3) is 0 Å². The lowest BCUT2D eigenvalue weighted by Gasteiger charge is -2.37. The van der Waals surface area contributed by atoms with Crippen LogP contribution in [0.5, 0.6) is 0 Å². The molecule has 16 heteroatoms. The fraction of sp³-hybridized carbons (Fsp3) is 0.540. The maximum atomic E-state index is 14.0. The van der Waals surface area contributed by atoms with Crippen molar-refractivity contribution >= 4 is 45.8 Å². The van der Waals surface area contributed by atoms with Crippen LogP contribution in [0.25, 0.3) is 22.1 Å². The monoisotopic (exact) mass is 904 g/mol. The number of anilines is 1. The van der Waals surface area contributed by atoms with Crippen molar-refractivity contribution in [3.05, 3.63) is 89.0 Å². The molecule has 352 valence electrons. The zero-order chi connectivity index (χ0) is 46.2. The number of likely N-dealkylation sites (tertiary alicyclic amines) is 2. The summed E-state index contributed by atoms with van der Waals surface area (Å²) in [6, 6.07) is 21.3. The third-order valence-corrected chi connectivity index (χ3v) is 14.9. The lowest BCUT2D eigenvalue weighted by Crippen LogP contribution is -2.55. The van der Waals surface area contributed by atoms with Gasteiger partial charge in [-0.2, -0.15) is 0 Å². The summed E-state index contributed by atoms with van der Waals surface area (Å²) < 4.78 is 21.0. The molecule has 0 spiro atoms. The second-order valence-electron chi connectivity index (χ2n) is 18.7. The van der Waals surface area contributed by atoms with Crippen molar-refractivity contribution in [2.24, 2.45) is 0 Å². The van der Waals surface area contributed by atoms with E-state index in [9.17, 15) is 14.4 Å². The van der Waals surface area contributed by atoms with Crippen molar-refractivity contribution in [1.82, 2.24) is 40.4 Å². The van der Waals surface area contributed by atoms with Gasteiger partial charge >= 0.3 is 12.2 Å². The molecule has 9 atom stereocenters. The van der Waals surface area contributed by atoms with Crippen LogP contribution < -0.4 is 15.5 Å². The highest BCUT2D eigenvalue weighted by molar-refractivity contribution is 5.87. The van der Waals surface area contributed by atoms with E-state index < -0.39 is 24.3 Å². The van der Waals surface area contributed by atoms with Gasteiger partial charge in [-0.25, -0.2) is 19.6 Å². The number of carbonyl (C=O) groups excluding carboxylic acids is 3. The number of methoxy groups -OCH3 is 4. The molecule has 1 aliphatic carbocycles. The fourth-order valence-corrected chi connectivity index (χ4v) is 10.9. The summed E-state index contributed by atoms with van der Waals surface area (Å²) in [7, 11) is 5.85. The number of hydrogen-bond donors (Lipinski definition) is 4. The summed E-state index contributed by atoms with van der Waals surface area (Å²) in [4.78, 5) is 63.0. The average molecular weight is 904 g/mol. The van der Waals surface area contributed by atoms with E-state index in [1.165, 1.54) is 56.5 Å². The van der Waals surface area contributed by atoms with Gasteiger partial charge in [0, 0.05) is 32.5 Å². The number of nitrogens with zero attached hydrogens (tertiary/aromatic N) is 5. The van der Waals surface area contributed by atoms with Gasteiger partial charge in [-0.15, -0.1) is 0 Å². The van der Waals surface area contributed by atoms with Crippen LogP contribution in [0.15, 0.2) is 60.7 Å². The number of ether oxygens (including phenoxy) is 4. The van der Waals surface area contributed by atoms with E-state index in [0.29, 0.717) is 12.5 Å². The Morgan fingerprint density at radius 3 is 1.76 bits per heavy atom. The van der Waals surface area contributed by atoms with E-state index >= 15 is 0 Å². The normalized spacial score (nSPS) is 23.5. The van der Waals surface area contributed by atoms with Gasteiger partial charge in [0.05, 0.1) is 78.7 Å². The summed E-state index contributed by atoms with van der Waals surface area (Å²) in [5, 5.41) is 5.70. The number of aromatic amines is 2. The van der Waals surface area contributed by atoms with Gasteiger partial charge in [0.15, 0.2) is 0 Å². The van der Waals surface area contributed by atoms with Crippen LogP contribution in [0.3, 0.4) is 0 Å². The number of nitrogens with one attached hydrogen (secondary N) is 4. The highest BCUT2D eigenvalue weighted by Crippen LogP contribution is 2.49. The number of aromatic nitrogens is 4. The molecule has 9 rings (SSSR count). The predicted molar refractivity (Wildman–Crippen MR) is 251 cm³/mol. The molecule has 16 nitrogen and oxygen atoms in total. The lowest BCUT2D eigenvalue weighted by molar-refractivity contribution is -0.137. The SMILES string of the molecule is COC(=O)N[C@H](C(=O)N1CCC[C@H]1c1nc2cc([C@H]3CC[C@@H](c4ccc5[nH]c(C6CCCN6C(C)[C@@H](NC(=O)OC)[C@@H](C)OC)nc5c4)N3c3ccc(C4CC4)cc3)ccc2[nH]1)[C@@H](C)OC. The van der Waals surface area contributed by atoms with E-state index in [-0.39, 0.29) is 48.3 Å². The summed E-state index contributed by atoms with van der Waals surface area (Å²) in [5.41, 5.74) is 8.72. The molecule has 4 fully saturated rings. The van der Waals surface area contributed by atoms with E-state index in [0.717, 1.165) is 78.8 Å². The summed E-state index contributed by atoms with van der Waals surface area (Å²) in [6.45, 7) is 7.31. The van der Waals surface area contributed by atoms with Crippen molar-refractivity contribution in [1.29, 1.82) is 0 Å². The summed E-state index contributed by atoms with van der Waals surface area (Å²) in [6.07, 6.45) is 6.04. The summed E-state index contributed by atoms with van der Waals surface area (Å²) >= 11 is 0. The highest BCUT2D eigenvalue weighted by Gasteiger charge is 2.41. The Labute approximate surface area is 386 Å². The number of benzene rings is 3. The average Bonchev–Trinajstić information content (AvgIpc) is 3.88. The Bertz CT molecular complexity index is 2520. The highest BCUT2D eigenvalue weighted by atomic mass is 16.5. The molecule has 3 saturated heterocycles. The largest absolute Gasteiger partial charge is 0.453 e. The van der Waals surface area contributed by atoms with Gasteiger partial charge in [-0.05, 0) is 138 Å². The van der Waals surface area contributed by atoms with Gasteiger partial charge in [-0.3, -0.25) is 9.69 Å². The number of alkyl carbamates (subject to hydrolysis) is 2. The molecule has 0 radical (unpaired) electrons. The third kappa shape index (κ3) is 8.94. The van der Waals surface area contributed by atoms with Crippen molar-refractivity contribution < 1.29 is 33.3 Å². The van der Waals surface area contributed by atoms with Gasteiger partial charge < -0.3 is 49.3 Å². The molecule has 3 aromatic carbocycles. The first-order valence-electron chi connectivity index (χ1n) is 23.7. The number of amides is 3. The first-order valence-corrected chi connectivity index (χ1v) is 23.7. The van der Waals surface area contributed by atoms with Gasteiger partial charge in [0.2, 0.25) is 5.91 Å². The maximum absolute atomic E-state index is 14.0. The maximum Gasteiger partial charge on any atom is 0.407 e. The van der Waals surface area contributed by atoms with Crippen molar-refractivity contribution in [3.8, 4) is 0 Å². The molecule has 3 aliphatic heterocycles. The predicted octanol–water partition coefficient (Wildman–Crippen LogP) is 8.11. The molecular weight excluding hydrogens is 839 g/mol. The molecular formula is C50H65N9O7. The first-order chi connectivity index (χ1) is 32.0. The Balaban J connectivity index is 0.991. The molecule has 1 saturated carbocycles. The van der Waals surface area contributed by atoms with Crippen molar-refractivity contribution in [3.63, 3.8) is 0 Å². The molecule has 0 bridgehead atoms. The molecule has 2 unspecified atom stereocenters. The second-order valence-corrected chi connectivity index (χ2v) is 18.7. The zero-order valence-electron chi connectivity index (χ0n) is 39.2. The molecule has 2 aromatic heterocycles. The number of hydrogen-bond acceptors (Lipinski definition) is 11. The standard InChI is InChI=1S/C50H65N9O7/c1-28(44(29(2)63-4)55-49(61)65-6)57-24-8-10-42(57)46-51-36-20-16-33(26-38(36)53-46)40-22-23-41(59(40)35-18-14-32(15-19-35)31-12-13-31)34-17-21-37-39(27-34)54-47(52-37)43-11-9-25-58(43)48(60)45(30(3)64-5)56-50(62)66-7/h14-21,26-31,40-45H,8-13,22-25H2,1-7H3,(H,51,53)(H,52,54)(H,55,61)(H,56,62)/t28?,29-,30-,40+,41-,42?,43+,44-,45+/m1/s1. The van der Waals surface area contributed by atoms with Gasteiger partial charge in [-0.1, -0.05) is 24.3 Å². The number of H-pyrrole nitrogens is 2.